The van der Waals surface area contributed by atoms with Crippen LogP contribution in [0.4, 0.5) is 0 Å². The van der Waals surface area contributed by atoms with Gasteiger partial charge in [-0.2, -0.15) is 0 Å². The van der Waals surface area contributed by atoms with E-state index in [-0.39, 0.29) is 17.4 Å². The topological polar surface area (TPSA) is 49.3 Å². The average Bonchev–Trinajstić information content (AvgIpc) is 2.38. The van der Waals surface area contributed by atoms with Gasteiger partial charge in [-0.05, 0) is 35.9 Å². The molecular formula is C16H23NO2. The summed E-state index contributed by atoms with van der Waals surface area (Å²) in [6.07, 6.45) is 1.41. The minimum absolute atomic E-state index is 0.122. The molecule has 1 fully saturated rings. The third-order valence-corrected chi connectivity index (χ3v) is 3.91. The lowest BCUT2D eigenvalue weighted by molar-refractivity contribution is -0.143. The quantitative estimate of drug-likeness (QED) is 0.860. The van der Waals surface area contributed by atoms with Crippen molar-refractivity contribution in [3.8, 4) is 0 Å². The van der Waals surface area contributed by atoms with E-state index in [9.17, 15) is 4.79 Å². The number of carboxylic acids is 1. The molecule has 1 heterocycles. The maximum absolute atomic E-state index is 11.1. The van der Waals surface area contributed by atoms with Crippen LogP contribution in [0, 0.1) is 5.92 Å². The van der Waals surface area contributed by atoms with E-state index in [4.69, 9.17) is 5.11 Å². The van der Waals surface area contributed by atoms with E-state index in [1.54, 1.807) is 0 Å². The Bertz CT molecular complexity index is 462. The zero-order valence-electron chi connectivity index (χ0n) is 11.9. The molecule has 2 atom stereocenters. The Morgan fingerprint density at radius 3 is 2.74 bits per heavy atom. The first-order chi connectivity index (χ1) is 8.88. The van der Waals surface area contributed by atoms with Gasteiger partial charge in [-0.1, -0.05) is 45.0 Å². The summed E-state index contributed by atoms with van der Waals surface area (Å²) >= 11 is 0. The summed E-state index contributed by atoms with van der Waals surface area (Å²) in [6.45, 7) is 7.36. The van der Waals surface area contributed by atoms with E-state index in [1.807, 2.05) is 0 Å². The molecular weight excluding hydrogens is 238 g/mol. The van der Waals surface area contributed by atoms with Gasteiger partial charge in [0.2, 0.25) is 0 Å². The highest BCUT2D eigenvalue weighted by atomic mass is 16.4. The molecule has 0 spiro atoms. The second kappa shape index (κ2) is 5.33. The first kappa shape index (κ1) is 14.1. The van der Waals surface area contributed by atoms with E-state index in [2.05, 4.69) is 50.4 Å². The maximum Gasteiger partial charge on any atom is 0.306 e. The number of carboxylic acid groups (broad SMARTS) is 1. The largest absolute Gasteiger partial charge is 0.481 e. The van der Waals surface area contributed by atoms with Crippen molar-refractivity contribution in [3.05, 3.63) is 35.4 Å². The lowest BCUT2D eigenvalue weighted by Crippen LogP contribution is -2.35. The van der Waals surface area contributed by atoms with Gasteiger partial charge in [-0.25, -0.2) is 0 Å². The summed E-state index contributed by atoms with van der Waals surface area (Å²) in [7, 11) is 0. The Morgan fingerprint density at radius 2 is 2.11 bits per heavy atom. The zero-order valence-corrected chi connectivity index (χ0v) is 11.9. The summed E-state index contributed by atoms with van der Waals surface area (Å²) in [4.78, 5) is 11.1. The van der Waals surface area contributed by atoms with Gasteiger partial charge in [-0.15, -0.1) is 0 Å². The number of benzene rings is 1. The van der Waals surface area contributed by atoms with Crippen molar-refractivity contribution in [2.24, 2.45) is 5.92 Å². The molecule has 1 aromatic rings. The number of rotatable bonds is 2. The number of hydrogen-bond donors (Lipinski definition) is 2. The highest BCUT2D eigenvalue weighted by Crippen LogP contribution is 2.30. The molecule has 3 nitrogen and oxygen atoms in total. The Labute approximate surface area is 115 Å². The summed E-state index contributed by atoms with van der Waals surface area (Å²) < 4.78 is 0. The van der Waals surface area contributed by atoms with Crippen LogP contribution in [0.2, 0.25) is 0 Å². The van der Waals surface area contributed by atoms with Crippen molar-refractivity contribution >= 4 is 5.97 Å². The zero-order chi connectivity index (χ0) is 14.0. The Balaban J connectivity index is 2.20. The smallest absolute Gasteiger partial charge is 0.306 e. The van der Waals surface area contributed by atoms with Crippen LogP contribution in [0.3, 0.4) is 0 Å². The third-order valence-electron chi connectivity index (χ3n) is 3.91. The van der Waals surface area contributed by atoms with E-state index in [0.717, 1.165) is 13.0 Å². The van der Waals surface area contributed by atoms with Crippen molar-refractivity contribution in [1.82, 2.24) is 5.32 Å². The molecule has 2 rings (SSSR count). The molecule has 0 saturated carbocycles. The summed E-state index contributed by atoms with van der Waals surface area (Å²) in [6, 6.07) is 8.68. The summed E-state index contributed by atoms with van der Waals surface area (Å²) in [5.74, 6) is -0.886. The van der Waals surface area contributed by atoms with Crippen molar-refractivity contribution in [2.45, 2.75) is 45.1 Å². The Kier molecular flexibility index (Phi) is 3.95. The second-order valence-electron chi connectivity index (χ2n) is 6.44. The number of hydrogen-bond acceptors (Lipinski definition) is 2. The molecule has 3 heteroatoms. The van der Waals surface area contributed by atoms with Crippen LogP contribution in [0.1, 0.15) is 50.8 Å². The van der Waals surface area contributed by atoms with Gasteiger partial charge >= 0.3 is 5.97 Å². The standard InChI is InChI=1S/C16H23NO2/c1-16(2,3)13-6-4-5-11(9-13)14-10-12(15(18)19)7-8-17-14/h4-6,9,12,14,17H,7-8,10H2,1-3H3,(H,18,19). The lowest BCUT2D eigenvalue weighted by Gasteiger charge is -2.29. The first-order valence-corrected chi connectivity index (χ1v) is 6.94. The highest BCUT2D eigenvalue weighted by molar-refractivity contribution is 5.70. The normalized spacial score (nSPS) is 24.2. The molecule has 19 heavy (non-hydrogen) atoms. The number of piperidine rings is 1. The molecule has 2 N–H and O–H groups in total. The van der Waals surface area contributed by atoms with Gasteiger partial charge in [0.1, 0.15) is 0 Å². The van der Waals surface area contributed by atoms with Gasteiger partial charge in [0.05, 0.1) is 5.92 Å². The number of carbonyl (C=O) groups is 1. The van der Waals surface area contributed by atoms with Gasteiger partial charge in [0.15, 0.2) is 0 Å². The Morgan fingerprint density at radius 1 is 1.37 bits per heavy atom. The molecule has 1 aromatic carbocycles. The molecule has 0 aromatic heterocycles. The third kappa shape index (κ3) is 3.35. The van der Waals surface area contributed by atoms with Gasteiger partial charge in [0, 0.05) is 6.04 Å². The Hall–Kier alpha value is -1.35. The molecule has 1 aliphatic rings. The van der Waals surface area contributed by atoms with E-state index in [1.165, 1.54) is 11.1 Å². The van der Waals surface area contributed by atoms with Gasteiger partial charge in [-0.3, -0.25) is 4.79 Å². The van der Waals surface area contributed by atoms with Crippen molar-refractivity contribution in [3.63, 3.8) is 0 Å². The maximum atomic E-state index is 11.1. The van der Waals surface area contributed by atoms with E-state index >= 15 is 0 Å². The predicted molar refractivity (Wildman–Crippen MR) is 76.2 cm³/mol. The number of nitrogens with one attached hydrogen (secondary N) is 1. The van der Waals surface area contributed by atoms with E-state index in [0.29, 0.717) is 6.42 Å². The molecule has 2 unspecified atom stereocenters. The first-order valence-electron chi connectivity index (χ1n) is 6.94. The van der Waals surface area contributed by atoms with Crippen LogP contribution in [0.25, 0.3) is 0 Å². The fourth-order valence-corrected chi connectivity index (χ4v) is 2.62. The van der Waals surface area contributed by atoms with Crippen LogP contribution in [0.15, 0.2) is 24.3 Å². The minimum atomic E-state index is -0.668. The van der Waals surface area contributed by atoms with Crippen LogP contribution in [-0.4, -0.2) is 17.6 Å². The molecule has 0 radical (unpaired) electrons. The van der Waals surface area contributed by atoms with Gasteiger partial charge in [0.25, 0.3) is 0 Å². The van der Waals surface area contributed by atoms with Crippen LogP contribution in [-0.2, 0) is 10.2 Å². The lowest BCUT2D eigenvalue weighted by atomic mass is 9.83. The molecule has 0 amide bonds. The monoisotopic (exact) mass is 261 g/mol. The van der Waals surface area contributed by atoms with Crippen LogP contribution >= 0.6 is 0 Å². The van der Waals surface area contributed by atoms with Gasteiger partial charge < -0.3 is 10.4 Å². The summed E-state index contributed by atoms with van der Waals surface area (Å²) in [5, 5.41) is 12.6. The minimum Gasteiger partial charge on any atom is -0.481 e. The SMILES string of the molecule is CC(C)(C)c1cccc(C2CC(C(=O)O)CCN2)c1. The predicted octanol–water partition coefficient (Wildman–Crippen LogP) is 3.11. The van der Waals surface area contributed by atoms with Crippen LogP contribution in [0.5, 0.6) is 0 Å². The van der Waals surface area contributed by atoms with Crippen molar-refractivity contribution in [2.75, 3.05) is 6.54 Å². The summed E-state index contributed by atoms with van der Waals surface area (Å²) in [5.41, 5.74) is 2.62. The number of aliphatic carboxylic acids is 1. The second-order valence-corrected chi connectivity index (χ2v) is 6.44. The van der Waals surface area contributed by atoms with Crippen molar-refractivity contribution < 1.29 is 9.90 Å². The molecule has 1 saturated heterocycles. The van der Waals surface area contributed by atoms with Crippen molar-refractivity contribution in [1.29, 1.82) is 0 Å². The van der Waals surface area contributed by atoms with Crippen LogP contribution < -0.4 is 5.32 Å². The molecule has 0 bridgehead atoms. The average molecular weight is 261 g/mol. The highest BCUT2D eigenvalue weighted by Gasteiger charge is 2.28. The molecule has 0 aliphatic carbocycles. The van der Waals surface area contributed by atoms with E-state index < -0.39 is 5.97 Å². The fraction of sp³-hybridized carbons (Fsp3) is 0.562. The fourth-order valence-electron chi connectivity index (χ4n) is 2.62. The molecule has 1 aliphatic heterocycles. The molecule has 104 valence electrons.